The molecule has 132 valence electrons. The molecule has 0 radical (unpaired) electrons. The zero-order chi connectivity index (χ0) is 17.7. The van der Waals surface area contributed by atoms with E-state index >= 15 is 0 Å². The van der Waals surface area contributed by atoms with Crippen LogP contribution in [-0.2, 0) is 15.8 Å². The lowest BCUT2D eigenvalue weighted by molar-refractivity contribution is -0.143. The van der Waals surface area contributed by atoms with Crippen LogP contribution in [0.5, 0.6) is 5.75 Å². The minimum absolute atomic E-state index is 0.0932. The van der Waals surface area contributed by atoms with E-state index in [1.165, 1.54) is 0 Å². The van der Waals surface area contributed by atoms with E-state index in [1.54, 1.807) is 0 Å². The van der Waals surface area contributed by atoms with Crippen molar-refractivity contribution in [3.05, 3.63) is 29.8 Å². The van der Waals surface area contributed by atoms with Crippen molar-refractivity contribution in [2.45, 2.75) is 37.9 Å². The Morgan fingerprint density at radius 1 is 1.12 bits per heavy atom. The fraction of sp³-hybridized carbons (Fsp3) is 0.500. The summed E-state index contributed by atoms with van der Waals surface area (Å²) >= 11 is 0. The summed E-state index contributed by atoms with van der Waals surface area (Å²) in [4.78, 5) is 22.6. The SMILES string of the molecule is O=C(COc1ccc(C(F)(F)F)cc1)NC1CCC(C(=O)O)CC1. The molecule has 1 aliphatic rings. The van der Waals surface area contributed by atoms with Crippen LogP contribution in [0.1, 0.15) is 31.2 Å². The highest BCUT2D eigenvalue weighted by atomic mass is 19.4. The van der Waals surface area contributed by atoms with Gasteiger partial charge in [0.15, 0.2) is 6.61 Å². The molecule has 8 heteroatoms. The third kappa shape index (κ3) is 5.14. The number of ether oxygens (including phenoxy) is 1. The lowest BCUT2D eigenvalue weighted by atomic mass is 9.86. The fourth-order valence-electron chi connectivity index (χ4n) is 2.64. The van der Waals surface area contributed by atoms with Crippen molar-refractivity contribution in [2.75, 3.05) is 6.61 Å². The van der Waals surface area contributed by atoms with Crippen molar-refractivity contribution in [1.82, 2.24) is 5.32 Å². The number of nitrogens with one attached hydrogen (secondary N) is 1. The Kier molecular flexibility index (Phi) is 5.69. The van der Waals surface area contributed by atoms with Crippen molar-refractivity contribution in [3.63, 3.8) is 0 Å². The number of amides is 1. The van der Waals surface area contributed by atoms with Crippen LogP contribution in [0.15, 0.2) is 24.3 Å². The number of hydrogen-bond donors (Lipinski definition) is 2. The third-order valence-electron chi connectivity index (χ3n) is 3.99. The molecule has 1 saturated carbocycles. The molecule has 1 aromatic carbocycles. The monoisotopic (exact) mass is 345 g/mol. The number of carbonyl (C=O) groups excluding carboxylic acids is 1. The number of carboxylic acid groups (broad SMARTS) is 1. The van der Waals surface area contributed by atoms with E-state index < -0.39 is 17.7 Å². The molecule has 1 aromatic rings. The standard InChI is InChI=1S/C16H18F3NO4/c17-16(18,19)11-3-7-13(8-4-11)24-9-14(21)20-12-5-1-10(2-6-12)15(22)23/h3-4,7-8,10,12H,1-2,5-6,9H2,(H,20,21)(H,22,23). The van der Waals surface area contributed by atoms with Gasteiger partial charge in [0.1, 0.15) is 5.75 Å². The minimum Gasteiger partial charge on any atom is -0.484 e. The Morgan fingerprint density at radius 2 is 1.71 bits per heavy atom. The van der Waals surface area contributed by atoms with Gasteiger partial charge in [0.25, 0.3) is 5.91 Å². The molecule has 24 heavy (non-hydrogen) atoms. The van der Waals surface area contributed by atoms with Gasteiger partial charge in [-0.25, -0.2) is 0 Å². The average Bonchev–Trinajstić information content (AvgIpc) is 2.53. The summed E-state index contributed by atoms with van der Waals surface area (Å²) in [6.07, 6.45) is -2.21. The molecule has 1 amide bonds. The number of benzene rings is 1. The zero-order valence-corrected chi connectivity index (χ0v) is 12.8. The van der Waals surface area contributed by atoms with Gasteiger partial charge in [-0.3, -0.25) is 9.59 Å². The van der Waals surface area contributed by atoms with Crippen LogP contribution < -0.4 is 10.1 Å². The van der Waals surface area contributed by atoms with Crippen LogP contribution >= 0.6 is 0 Å². The number of halogens is 3. The zero-order valence-electron chi connectivity index (χ0n) is 12.8. The second-order valence-corrected chi connectivity index (χ2v) is 5.77. The predicted molar refractivity (Wildman–Crippen MR) is 78.5 cm³/mol. The van der Waals surface area contributed by atoms with Gasteiger partial charge in [-0.1, -0.05) is 0 Å². The van der Waals surface area contributed by atoms with Gasteiger partial charge >= 0.3 is 12.1 Å². The number of aliphatic carboxylic acids is 1. The first kappa shape index (κ1) is 18.1. The summed E-state index contributed by atoms with van der Waals surface area (Å²) in [5.74, 6) is -1.38. The van der Waals surface area contributed by atoms with Crippen molar-refractivity contribution in [1.29, 1.82) is 0 Å². The molecule has 1 aliphatic carbocycles. The van der Waals surface area contributed by atoms with Crippen LogP contribution in [0, 0.1) is 5.92 Å². The number of alkyl halides is 3. The first-order valence-electron chi connectivity index (χ1n) is 7.58. The van der Waals surface area contributed by atoms with E-state index in [-0.39, 0.29) is 30.2 Å². The molecule has 0 saturated heterocycles. The molecule has 2 rings (SSSR count). The van der Waals surface area contributed by atoms with E-state index in [2.05, 4.69) is 5.32 Å². The first-order chi connectivity index (χ1) is 11.3. The summed E-state index contributed by atoms with van der Waals surface area (Å²) in [5.41, 5.74) is -0.783. The van der Waals surface area contributed by atoms with E-state index in [4.69, 9.17) is 9.84 Å². The number of hydrogen-bond acceptors (Lipinski definition) is 3. The summed E-state index contributed by atoms with van der Waals surface area (Å²) in [7, 11) is 0. The van der Waals surface area contributed by atoms with Crippen molar-refractivity contribution < 1.29 is 32.6 Å². The van der Waals surface area contributed by atoms with Gasteiger partial charge in [0, 0.05) is 6.04 Å². The quantitative estimate of drug-likeness (QED) is 0.860. The molecule has 0 aliphatic heterocycles. The maximum absolute atomic E-state index is 12.4. The Balaban J connectivity index is 1.75. The second-order valence-electron chi connectivity index (χ2n) is 5.77. The van der Waals surface area contributed by atoms with Crippen LogP contribution in [0.3, 0.4) is 0 Å². The van der Waals surface area contributed by atoms with E-state index in [1.807, 2.05) is 0 Å². The van der Waals surface area contributed by atoms with Gasteiger partial charge in [-0.2, -0.15) is 13.2 Å². The lowest BCUT2D eigenvalue weighted by Gasteiger charge is -2.26. The molecule has 1 fully saturated rings. The number of carboxylic acids is 1. The minimum atomic E-state index is -4.41. The van der Waals surface area contributed by atoms with E-state index in [0.29, 0.717) is 25.7 Å². The largest absolute Gasteiger partial charge is 0.484 e. The predicted octanol–water partition coefficient (Wildman–Crippen LogP) is 2.84. The molecule has 0 spiro atoms. The molecule has 0 bridgehead atoms. The van der Waals surface area contributed by atoms with Crippen LogP contribution in [-0.4, -0.2) is 29.6 Å². The topological polar surface area (TPSA) is 75.6 Å². The maximum Gasteiger partial charge on any atom is 0.416 e. The van der Waals surface area contributed by atoms with Crippen molar-refractivity contribution in [3.8, 4) is 5.75 Å². The molecule has 5 nitrogen and oxygen atoms in total. The summed E-state index contributed by atoms with van der Waals surface area (Å²) in [6, 6.07) is 4.01. The van der Waals surface area contributed by atoms with Crippen molar-refractivity contribution >= 4 is 11.9 Å². The maximum atomic E-state index is 12.4. The number of carbonyl (C=O) groups is 2. The second kappa shape index (κ2) is 7.55. The smallest absolute Gasteiger partial charge is 0.416 e. The van der Waals surface area contributed by atoms with Crippen molar-refractivity contribution in [2.24, 2.45) is 5.92 Å². The highest BCUT2D eigenvalue weighted by Gasteiger charge is 2.30. The van der Waals surface area contributed by atoms with E-state index in [0.717, 1.165) is 24.3 Å². The van der Waals surface area contributed by atoms with Crippen LogP contribution in [0.4, 0.5) is 13.2 Å². The molecule has 0 atom stereocenters. The molecule has 2 N–H and O–H groups in total. The Labute approximate surface area is 136 Å². The molecular weight excluding hydrogens is 327 g/mol. The fourth-order valence-corrected chi connectivity index (χ4v) is 2.64. The summed E-state index contributed by atoms with van der Waals surface area (Å²) in [5, 5.41) is 11.7. The Bertz CT molecular complexity index is 578. The summed E-state index contributed by atoms with van der Waals surface area (Å²) < 4.78 is 42.5. The molecule has 0 heterocycles. The average molecular weight is 345 g/mol. The molecular formula is C16H18F3NO4. The normalized spacial score (nSPS) is 21.1. The van der Waals surface area contributed by atoms with Gasteiger partial charge in [-0.05, 0) is 49.9 Å². The van der Waals surface area contributed by atoms with Crippen LogP contribution in [0.25, 0.3) is 0 Å². The Hall–Kier alpha value is -2.25. The summed E-state index contributed by atoms with van der Waals surface area (Å²) in [6.45, 7) is -0.301. The van der Waals surface area contributed by atoms with Gasteiger partial charge in [-0.15, -0.1) is 0 Å². The van der Waals surface area contributed by atoms with Gasteiger partial charge in [0.2, 0.25) is 0 Å². The third-order valence-corrected chi connectivity index (χ3v) is 3.99. The first-order valence-corrected chi connectivity index (χ1v) is 7.58. The number of rotatable bonds is 5. The van der Waals surface area contributed by atoms with Gasteiger partial charge < -0.3 is 15.2 Å². The lowest BCUT2D eigenvalue weighted by Crippen LogP contribution is -2.40. The molecule has 0 aromatic heterocycles. The highest BCUT2D eigenvalue weighted by molar-refractivity contribution is 5.78. The molecule has 0 unspecified atom stereocenters. The highest BCUT2D eigenvalue weighted by Crippen LogP contribution is 2.30. The van der Waals surface area contributed by atoms with Crippen LogP contribution in [0.2, 0.25) is 0 Å². The van der Waals surface area contributed by atoms with E-state index in [9.17, 15) is 22.8 Å². The Morgan fingerprint density at radius 3 is 2.21 bits per heavy atom. The van der Waals surface area contributed by atoms with Gasteiger partial charge in [0.05, 0.1) is 11.5 Å².